The van der Waals surface area contributed by atoms with Gasteiger partial charge in [-0.1, -0.05) is 29.8 Å². The minimum absolute atomic E-state index is 0.0262. The number of hydrogen-bond donors (Lipinski definition) is 0. The molecule has 2 aromatic rings. The maximum absolute atomic E-state index is 13.0. The number of aryl methyl sites for hydroxylation is 1. The van der Waals surface area contributed by atoms with Gasteiger partial charge in [0.2, 0.25) is 5.91 Å². The molecule has 27 heavy (non-hydrogen) atoms. The largest absolute Gasteiger partial charge is 0.334 e. The molecule has 0 aromatic heterocycles. The smallest absolute Gasteiger partial charge is 0.246 e. The highest BCUT2D eigenvalue weighted by atomic mass is 35.5. The van der Waals surface area contributed by atoms with Crippen LogP contribution in [-0.2, 0) is 11.3 Å². The van der Waals surface area contributed by atoms with E-state index < -0.39 is 0 Å². The molecule has 0 saturated carbocycles. The Morgan fingerprint density at radius 2 is 1.96 bits per heavy atom. The summed E-state index contributed by atoms with van der Waals surface area (Å²) in [6, 6.07) is 12.4. The molecule has 1 heterocycles. The van der Waals surface area contributed by atoms with Crippen LogP contribution in [0.5, 0.6) is 0 Å². The van der Waals surface area contributed by atoms with Crippen LogP contribution in [0.1, 0.15) is 23.6 Å². The van der Waals surface area contributed by atoms with E-state index in [2.05, 4.69) is 11.8 Å². The van der Waals surface area contributed by atoms with Crippen LogP contribution in [0.2, 0.25) is 5.02 Å². The van der Waals surface area contributed by atoms with E-state index in [1.807, 2.05) is 48.2 Å². The highest BCUT2D eigenvalue weighted by Gasteiger charge is 2.26. The molecule has 1 saturated heterocycles. The average molecular weight is 387 g/mol. The van der Waals surface area contributed by atoms with Gasteiger partial charge in [0.05, 0.1) is 0 Å². The van der Waals surface area contributed by atoms with Crippen molar-refractivity contribution in [3.05, 3.63) is 76.1 Å². The fraction of sp³-hybridized carbons (Fsp3) is 0.318. The molecule has 1 amide bonds. The molecule has 0 N–H and O–H groups in total. The van der Waals surface area contributed by atoms with Crippen LogP contribution < -0.4 is 0 Å². The van der Waals surface area contributed by atoms with Crippen LogP contribution in [-0.4, -0.2) is 41.4 Å². The number of piperazine rings is 1. The van der Waals surface area contributed by atoms with Crippen LogP contribution in [0.4, 0.5) is 4.39 Å². The first-order valence-corrected chi connectivity index (χ1v) is 9.52. The van der Waals surface area contributed by atoms with Crippen molar-refractivity contribution in [2.45, 2.75) is 26.4 Å². The van der Waals surface area contributed by atoms with Gasteiger partial charge < -0.3 is 4.90 Å². The van der Waals surface area contributed by atoms with Crippen LogP contribution in [0.15, 0.2) is 48.5 Å². The van der Waals surface area contributed by atoms with Crippen molar-refractivity contribution in [2.24, 2.45) is 0 Å². The molecule has 3 rings (SSSR count). The molecule has 0 aliphatic carbocycles. The van der Waals surface area contributed by atoms with Crippen LogP contribution in [0.25, 0.3) is 6.08 Å². The lowest BCUT2D eigenvalue weighted by Crippen LogP contribution is -2.53. The van der Waals surface area contributed by atoms with Gasteiger partial charge in [-0.25, -0.2) is 4.39 Å². The molecular weight excluding hydrogens is 363 g/mol. The molecule has 1 aliphatic heterocycles. The Hall–Kier alpha value is -2.17. The van der Waals surface area contributed by atoms with Gasteiger partial charge in [0.1, 0.15) is 5.82 Å². The van der Waals surface area contributed by atoms with Crippen molar-refractivity contribution in [3.8, 4) is 0 Å². The van der Waals surface area contributed by atoms with Crippen molar-refractivity contribution in [2.75, 3.05) is 19.6 Å². The molecule has 5 heteroatoms. The first-order chi connectivity index (χ1) is 12.9. The van der Waals surface area contributed by atoms with E-state index in [9.17, 15) is 9.18 Å². The van der Waals surface area contributed by atoms with Crippen molar-refractivity contribution >= 4 is 23.6 Å². The van der Waals surface area contributed by atoms with Gasteiger partial charge in [-0.2, -0.15) is 0 Å². The number of halogens is 2. The second-order valence-electron chi connectivity index (χ2n) is 7.08. The Balaban J connectivity index is 1.57. The van der Waals surface area contributed by atoms with E-state index in [4.69, 9.17) is 11.6 Å². The monoisotopic (exact) mass is 386 g/mol. The van der Waals surface area contributed by atoms with E-state index in [1.54, 1.807) is 6.08 Å². The van der Waals surface area contributed by atoms with E-state index in [0.717, 1.165) is 36.3 Å². The maximum atomic E-state index is 13.0. The summed E-state index contributed by atoms with van der Waals surface area (Å²) in [7, 11) is 0. The zero-order valence-electron chi connectivity index (χ0n) is 15.7. The van der Waals surface area contributed by atoms with Crippen LogP contribution in [0, 0.1) is 12.7 Å². The van der Waals surface area contributed by atoms with Gasteiger partial charge in [0.25, 0.3) is 0 Å². The first-order valence-electron chi connectivity index (χ1n) is 9.14. The quantitative estimate of drug-likeness (QED) is 0.720. The molecular formula is C22H24ClFN2O. The number of carbonyl (C=O) groups is 1. The highest BCUT2D eigenvalue weighted by molar-refractivity contribution is 6.30. The van der Waals surface area contributed by atoms with Gasteiger partial charge in [-0.15, -0.1) is 0 Å². The molecule has 1 unspecified atom stereocenters. The Labute approximate surface area is 165 Å². The van der Waals surface area contributed by atoms with Gasteiger partial charge in [-0.3, -0.25) is 9.69 Å². The molecule has 1 fully saturated rings. The number of benzene rings is 2. The van der Waals surface area contributed by atoms with E-state index in [-0.39, 0.29) is 17.8 Å². The zero-order chi connectivity index (χ0) is 19.4. The topological polar surface area (TPSA) is 23.6 Å². The molecule has 1 aliphatic rings. The molecule has 142 valence electrons. The van der Waals surface area contributed by atoms with Gasteiger partial charge in [0.15, 0.2) is 0 Å². The van der Waals surface area contributed by atoms with E-state index in [0.29, 0.717) is 11.6 Å². The van der Waals surface area contributed by atoms with Gasteiger partial charge in [0, 0.05) is 43.3 Å². The van der Waals surface area contributed by atoms with E-state index >= 15 is 0 Å². The summed E-state index contributed by atoms with van der Waals surface area (Å²) < 4.78 is 13.0. The number of nitrogens with zero attached hydrogens (tertiary/aromatic N) is 2. The SMILES string of the molecule is Cc1cc(Cl)ccc1/C=C/C(=O)N1CCN(Cc2ccc(F)cc2)CC1C. The van der Waals surface area contributed by atoms with Gasteiger partial charge >= 0.3 is 0 Å². The van der Waals surface area contributed by atoms with E-state index in [1.165, 1.54) is 12.1 Å². The number of amides is 1. The third-order valence-electron chi connectivity index (χ3n) is 4.95. The molecule has 0 spiro atoms. The first kappa shape index (κ1) is 19.6. The summed E-state index contributed by atoms with van der Waals surface area (Å²) in [4.78, 5) is 16.8. The predicted molar refractivity (Wildman–Crippen MR) is 108 cm³/mol. The fourth-order valence-electron chi connectivity index (χ4n) is 3.44. The lowest BCUT2D eigenvalue weighted by atomic mass is 10.1. The maximum Gasteiger partial charge on any atom is 0.246 e. The highest BCUT2D eigenvalue weighted by Crippen LogP contribution is 2.18. The Morgan fingerprint density at radius 1 is 1.22 bits per heavy atom. The summed E-state index contributed by atoms with van der Waals surface area (Å²) in [5, 5.41) is 0.696. The second kappa shape index (κ2) is 8.68. The molecule has 1 atom stereocenters. The summed E-state index contributed by atoms with van der Waals surface area (Å²) >= 11 is 5.98. The van der Waals surface area contributed by atoms with Crippen molar-refractivity contribution < 1.29 is 9.18 Å². The van der Waals surface area contributed by atoms with Crippen LogP contribution in [0.3, 0.4) is 0 Å². The van der Waals surface area contributed by atoms with Crippen molar-refractivity contribution in [1.29, 1.82) is 0 Å². The zero-order valence-corrected chi connectivity index (χ0v) is 16.4. The molecule has 2 aromatic carbocycles. The third-order valence-corrected chi connectivity index (χ3v) is 5.19. The van der Waals surface area contributed by atoms with Gasteiger partial charge in [-0.05, 0) is 60.9 Å². The summed E-state index contributed by atoms with van der Waals surface area (Å²) in [6.07, 6.45) is 3.49. The number of rotatable bonds is 4. The Kier molecular flexibility index (Phi) is 6.30. The molecule has 0 bridgehead atoms. The number of carbonyl (C=O) groups excluding carboxylic acids is 1. The summed E-state index contributed by atoms with van der Waals surface area (Å²) in [5.41, 5.74) is 3.13. The average Bonchev–Trinajstić information content (AvgIpc) is 2.63. The molecule has 0 radical (unpaired) electrons. The fourth-order valence-corrected chi connectivity index (χ4v) is 3.66. The number of hydrogen-bond acceptors (Lipinski definition) is 2. The standard InChI is InChI=1S/C22H24ClFN2O/c1-16-13-20(23)7-5-19(16)6-10-22(27)26-12-11-25(14-17(26)2)15-18-3-8-21(24)9-4-18/h3-10,13,17H,11-12,14-15H2,1-2H3/b10-6+. The lowest BCUT2D eigenvalue weighted by Gasteiger charge is -2.39. The predicted octanol–water partition coefficient (Wildman–Crippen LogP) is 4.53. The minimum Gasteiger partial charge on any atom is -0.334 e. The Bertz CT molecular complexity index is 835. The minimum atomic E-state index is -0.217. The Morgan fingerprint density at radius 3 is 2.63 bits per heavy atom. The van der Waals surface area contributed by atoms with Crippen molar-refractivity contribution in [3.63, 3.8) is 0 Å². The normalized spacial score (nSPS) is 18.2. The second-order valence-corrected chi connectivity index (χ2v) is 7.51. The summed E-state index contributed by atoms with van der Waals surface area (Å²) in [6.45, 7) is 7.11. The molecule has 3 nitrogen and oxygen atoms in total. The third kappa shape index (κ3) is 5.18. The van der Waals surface area contributed by atoms with Crippen LogP contribution >= 0.6 is 11.6 Å². The van der Waals surface area contributed by atoms with Crippen molar-refractivity contribution in [1.82, 2.24) is 9.80 Å². The lowest BCUT2D eigenvalue weighted by molar-refractivity contribution is -0.130. The summed E-state index contributed by atoms with van der Waals surface area (Å²) in [5.74, 6) is -0.191.